The molecule has 2 amide bonds. The molecule has 5 rings (SSSR count). The van der Waals surface area contributed by atoms with Gasteiger partial charge in [0.2, 0.25) is 5.91 Å². The van der Waals surface area contributed by atoms with Gasteiger partial charge in [0.1, 0.15) is 0 Å². The Kier molecular flexibility index (Phi) is 6.85. The van der Waals surface area contributed by atoms with E-state index in [1.54, 1.807) is 11.3 Å². The minimum atomic E-state index is -0.418. The van der Waals surface area contributed by atoms with Crippen LogP contribution in [0.4, 0.5) is 5.69 Å². The molecule has 2 atom stereocenters. The van der Waals surface area contributed by atoms with E-state index in [2.05, 4.69) is 30.9 Å². The molecule has 1 aromatic heterocycles. The summed E-state index contributed by atoms with van der Waals surface area (Å²) in [6.45, 7) is 7.62. The molecule has 3 heterocycles. The first kappa shape index (κ1) is 23.9. The number of anilines is 1. The van der Waals surface area contributed by atoms with Crippen molar-refractivity contribution in [3.8, 4) is 0 Å². The summed E-state index contributed by atoms with van der Waals surface area (Å²) in [6.07, 6.45) is 0. The van der Waals surface area contributed by atoms with E-state index in [1.807, 2.05) is 63.7 Å². The summed E-state index contributed by atoms with van der Waals surface area (Å²) in [5, 5.41) is 2.74. The van der Waals surface area contributed by atoms with Crippen molar-refractivity contribution in [2.24, 2.45) is 5.92 Å². The third-order valence-electron chi connectivity index (χ3n) is 6.87. The van der Waals surface area contributed by atoms with Crippen LogP contribution in [0.5, 0.6) is 0 Å². The van der Waals surface area contributed by atoms with Gasteiger partial charge in [-0.2, -0.15) is 0 Å². The average molecular weight is 508 g/mol. The highest BCUT2D eigenvalue weighted by molar-refractivity contribution is 7.10. The quantitative estimate of drug-likeness (QED) is 0.446. The summed E-state index contributed by atoms with van der Waals surface area (Å²) in [5.74, 6) is -0.00642. The zero-order chi connectivity index (χ0) is 24.5. The Hall–Kier alpha value is -2.83. The SMILES string of the molecule is CC(C)CN1C(=O)c2ccccc2[C@H](C(=O)N2CCN(c3cccc(Cl)c3)CC2)[C@H]1c1cccs1. The fourth-order valence-corrected chi connectivity index (χ4v) is 6.34. The molecule has 1 fully saturated rings. The molecular formula is C28H30ClN3O2S. The number of piperazine rings is 1. The third-order valence-corrected chi connectivity index (χ3v) is 8.04. The molecule has 0 spiro atoms. The van der Waals surface area contributed by atoms with Gasteiger partial charge in [0, 0.05) is 53.9 Å². The van der Waals surface area contributed by atoms with Gasteiger partial charge in [-0.3, -0.25) is 9.59 Å². The van der Waals surface area contributed by atoms with Gasteiger partial charge in [0.25, 0.3) is 5.91 Å². The van der Waals surface area contributed by atoms with Crippen molar-refractivity contribution in [3.63, 3.8) is 0 Å². The van der Waals surface area contributed by atoms with E-state index in [1.165, 1.54) is 0 Å². The van der Waals surface area contributed by atoms with Crippen LogP contribution in [0, 0.1) is 5.92 Å². The average Bonchev–Trinajstić information content (AvgIpc) is 3.40. The predicted molar refractivity (Wildman–Crippen MR) is 142 cm³/mol. The fourth-order valence-electron chi connectivity index (χ4n) is 5.28. The number of nitrogens with zero attached hydrogens (tertiary/aromatic N) is 3. The first-order chi connectivity index (χ1) is 16.9. The van der Waals surface area contributed by atoms with Crippen LogP contribution in [-0.2, 0) is 4.79 Å². The molecule has 2 aliphatic heterocycles. The lowest BCUT2D eigenvalue weighted by atomic mass is 9.80. The lowest BCUT2D eigenvalue weighted by Gasteiger charge is -2.44. The number of benzene rings is 2. The van der Waals surface area contributed by atoms with Crippen LogP contribution < -0.4 is 4.90 Å². The number of rotatable bonds is 5. The van der Waals surface area contributed by atoms with Crippen molar-refractivity contribution >= 4 is 40.4 Å². The van der Waals surface area contributed by atoms with Crippen LogP contribution in [-0.4, -0.2) is 54.3 Å². The Bertz CT molecular complexity index is 1200. The van der Waals surface area contributed by atoms with E-state index >= 15 is 0 Å². The second kappa shape index (κ2) is 10.0. The second-order valence-corrected chi connectivity index (χ2v) is 11.1. The van der Waals surface area contributed by atoms with Crippen molar-refractivity contribution in [1.82, 2.24) is 9.80 Å². The summed E-state index contributed by atoms with van der Waals surface area (Å²) >= 11 is 7.81. The number of carbonyl (C=O) groups excluding carboxylic acids is 2. The third kappa shape index (κ3) is 4.69. The molecule has 7 heteroatoms. The Morgan fingerprint density at radius 1 is 1.03 bits per heavy atom. The molecule has 0 bridgehead atoms. The Morgan fingerprint density at radius 2 is 1.80 bits per heavy atom. The zero-order valence-corrected chi connectivity index (χ0v) is 21.6. The highest BCUT2D eigenvalue weighted by Crippen LogP contribution is 2.45. The molecule has 0 aliphatic carbocycles. The van der Waals surface area contributed by atoms with Crippen LogP contribution >= 0.6 is 22.9 Å². The normalized spacial score (nSPS) is 20.3. The van der Waals surface area contributed by atoms with Gasteiger partial charge in [-0.1, -0.05) is 55.8 Å². The van der Waals surface area contributed by atoms with Crippen LogP contribution in [0.3, 0.4) is 0 Å². The maximum Gasteiger partial charge on any atom is 0.254 e. The highest BCUT2D eigenvalue weighted by atomic mass is 35.5. The van der Waals surface area contributed by atoms with Crippen LogP contribution in [0.15, 0.2) is 66.0 Å². The fraction of sp³-hybridized carbons (Fsp3) is 0.357. The Balaban J connectivity index is 1.47. The van der Waals surface area contributed by atoms with E-state index in [0.29, 0.717) is 36.1 Å². The number of fused-ring (bicyclic) bond motifs is 1. The second-order valence-electron chi connectivity index (χ2n) is 9.67. The summed E-state index contributed by atoms with van der Waals surface area (Å²) in [6, 6.07) is 19.3. The van der Waals surface area contributed by atoms with Gasteiger partial charge >= 0.3 is 0 Å². The molecule has 1 saturated heterocycles. The van der Waals surface area contributed by atoms with E-state index in [0.717, 1.165) is 29.2 Å². The standard InChI is InChI=1S/C28H30ClN3O2S/c1-19(2)18-32-26(24-11-6-16-35-24)25(22-9-3-4-10-23(22)27(32)33)28(34)31-14-12-30(13-15-31)21-8-5-7-20(29)17-21/h3-11,16-17,19,25-26H,12-15,18H2,1-2H3/t25-,26+/m0/s1. The van der Waals surface area contributed by atoms with Crippen molar-refractivity contribution in [1.29, 1.82) is 0 Å². The van der Waals surface area contributed by atoms with Crippen molar-refractivity contribution < 1.29 is 9.59 Å². The van der Waals surface area contributed by atoms with Crippen molar-refractivity contribution in [2.75, 3.05) is 37.6 Å². The monoisotopic (exact) mass is 507 g/mol. The predicted octanol–water partition coefficient (Wildman–Crippen LogP) is 5.69. The molecule has 0 saturated carbocycles. The topological polar surface area (TPSA) is 43.9 Å². The first-order valence-corrected chi connectivity index (χ1v) is 13.4. The van der Waals surface area contributed by atoms with Gasteiger partial charge in [-0.15, -0.1) is 11.3 Å². The van der Waals surface area contributed by atoms with Crippen LogP contribution in [0.1, 0.15) is 46.6 Å². The minimum absolute atomic E-state index is 0.0162. The van der Waals surface area contributed by atoms with Crippen molar-refractivity contribution in [2.45, 2.75) is 25.8 Å². The Morgan fingerprint density at radius 3 is 2.49 bits per heavy atom. The van der Waals surface area contributed by atoms with Crippen LogP contribution in [0.2, 0.25) is 5.02 Å². The molecule has 0 unspecified atom stereocenters. The van der Waals surface area contributed by atoms with Gasteiger partial charge in [-0.25, -0.2) is 0 Å². The highest BCUT2D eigenvalue weighted by Gasteiger charge is 2.46. The number of hydrogen-bond donors (Lipinski definition) is 0. The van der Waals surface area contributed by atoms with Gasteiger partial charge in [0.15, 0.2) is 0 Å². The number of amides is 2. The molecule has 0 N–H and O–H groups in total. The van der Waals surface area contributed by atoms with E-state index < -0.39 is 5.92 Å². The maximum absolute atomic E-state index is 14.2. The molecule has 3 aromatic rings. The summed E-state index contributed by atoms with van der Waals surface area (Å²) in [7, 11) is 0. The first-order valence-electron chi connectivity index (χ1n) is 12.2. The molecule has 35 heavy (non-hydrogen) atoms. The maximum atomic E-state index is 14.2. The number of carbonyl (C=O) groups is 2. The lowest BCUT2D eigenvalue weighted by molar-refractivity contribution is -0.135. The molecule has 0 radical (unpaired) electrons. The molecular weight excluding hydrogens is 478 g/mol. The molecule has 2 aliphatic rings. The molecule has 5 nitrogen and oxygen atoms in total. The molecule has 2 aromatic carbocycles. The number of hydrogen-bond acceptors (Lipinski definition) is 4. The van der Waals surface area contributed by atoms with Gasteiger partial charge in [0.05, 0.1) is 12.0 Å². The lowest BCUT2D eigenvalue weighted by Crippen LogP contribution is -2.53. The zero-order valence-electron chi connectivity index (χ0n) is 20.1. The molecule has 182 valence electrons. The summed E-state index contributed by atoms with van der Waals surface area (Å²) < 4.78 is 0. The Labute approximate surface area is 215 Å². The summed E-state index contributed by atoms with van der Waals surface area (Å²) in [5.41, 5.74) is 2.58. The van der Waals surface area contributed by atoms with E-state index in [9.17, 15) is 9.59 Å². The summed E-state index contributed by atoms with van der Waals surface area (Å²) in [4.78, 5) is 35.1. The number of halogens is 1. The van der Waals surface area contributed by atoms with Crippen LogP contribution in [0.25, 0.3) is 0 Å². The van der Waals surface area contributed by atoms with E-state index in [-0.39, 0.29) is 17.9 Å². The van der Waals surface area contributed by atoms with Crippen molar-refractivity contribution in [3.05, 3.63) is 87.1 Å². The smallest absolute Gasteiger partial charge is 0.254 e. The van der Waals surface area contributed by atoms with E-state index in [4.69, 9.17) is 11.6 Å². The van der Waals surface area contributed by atoms with Gasteiger partial charge in [-0.05, 0) is 47.2 Å². The number of thiophene rings is 1. The van der Waals surface area contributed by atoms with Gasteiger partial charge < -0.3 is 14.7 Å². The largest absolute Gasteiger partial charge is 0.368 e. The minimum Gasteiger partial charge on any atom is -0.368 e.